The van der Waals surface area contributed by atoms with Gasteiger partial charge in [0, 0.05) is 11.8 Å². The summed E-state index contributed by atoms with van der Waals surface area (Å²) in [5, 5.41) is 0.419. The molecule has 2 fully saturated rings. The lowest BCUT2D eigenvalue weighted by molar-refractivity contribution is -0.117. The van der Waals surface area contributed by atoms with Crippen molar-refractivity contribution >= 4 is 32.7 Å². The number of sulfone groups is 1. The Labute approximate surface area is 173 Å². The number of nitrogens with zero attached hydrogens (tertiary/aromatic N) is 2. The number of rotatable bonds is 4. The van der Waals surface area contributed by atoms with Crippen LogP contribution in [0.2, 0.25) is 0 Å². The highest BCUT2D eigenvalue weighted by atomic mass is 32.2. The molecule has 0 radical (unpaired) electrons. The van der Waals surface area contributed by atoms with E-state index in [1.165, 1.54) is 23.9 Å². The van der Waals surface area contributed by atoms with Crippen molar-refractivity contribution in [3.8, 4) is 0 Å². The molecule has 2 saturated heterocycles. The second kappa shape index (κ2) is 7.91. The number of fused-ring (bicyclic) bond motifs is 1. The number of aryl methyl sites for hydroxylation is 1. The van der Waals surface area contributed by atoms with Crippen LogP contribution in [0.1, 0.15) is 16.7 Å². The van der Waals surface area contributed by atoms with E-state index in [0.29, 0.717) is 11.7 Å². The molecule has 4 rings (SSSR count). The third-order valence-electron chi connectivity index (χ3n) is 5.10. The number of amides is 1. The van der Waals surface area contributed by atoms with Crippen molar-refractivity contribution in [1.82, 2.24) is 4.90 Å². The molecule has 2 aromatic rings. The van der Waals surface area contributed by atoms with Crippen LogP contribution in [0.3, 0.4) is 0 Å². The molecule has 2 aliphatic rings. The van der Waals surface area contributed by atoms with Gasteiger partial charge in [-0.2, -0.15) is 4.99 Å². The summed E-state index contributed by atoms with van der Waals surface area (Å²) < 4.78 is 37.4. The van der Waals surface area contributed by atoms with Crippen molar-refractivity contribution in [2.75, 3.05) is 11.5 Å². The first-order chi connectivity index (χ1) is 13.8. The minimum atomic E-state index is -3.11. The van der Waals surface area contributed by atoms with Crippen LogP contribution in [0.25, 0.3) is 0 Å². The van der Waals surface area contributed by atoms with Crippen molar-refractivity contribution in [2.45, 2.75) is 31.2 Å². The number of halogens is 1. The van der Waals surface area contributed by atoms with Crippen LogP contribution in [0, 0.1) is 12.7 Å². The number of hydrogen-bond acceptors (Lipinski definition) is 4. The molecule has 152 valence electrons. The van der Waals surface area contributed by atoms with Crippen LogP contribution in [0.4, 0.5) is 4.39 Å². The molecule has 0 saturated carbocycles. The van der Waals surface area contributed by atoms with Gasteiger partial charge in [-0.15, -0.1) is 0 Å². The van der Waals surface area contributed by atoms with E-state index in [1.54, 1.807) is 12.1 Å². The van der Waals surface area contributed by atoms with Gasteiger partial charge >= 0.3 is 0 Å². The summed E-state index contributed by atoms with van der Waals surface area (Å²) in [6, 6.07) is 13.6. The second-order valence-corrected chi connectivity index (χ2v) is 10.9. The molecule has 2 aliphatic heterocycles. The number of carbonyl (C=O) groups excluding carboxylic acids is 1. The van der Waals surface area contributed by atoms with Gasteiger partial charge in [0.15, 0.2) is 15.0 Å². The Hall–Kier alpha value is -2.19. The minimum absolute atomic E-state index is 0.0525. The minimum Gasteiger partial charge on any atom is -0.342 e. The smallest absolute Gasteiger partial charge is 0.252 e. The summed E-state index contributed by atoms with van der Waals surface area (Å²) in [7, 11) is -3.11. The maximum atomic E-state index is 13.2. The zero-order chi connectivity index (χ0) is 20.6. The second-order valence-electron chi connectivity index (χ2n) is 7.51. The first-order valence-electron chi connectivity index (χ1n) is 9.34. The predicted octanol–water partition coefficient (Wildman–Crippen LogP) is 2.97. The Kier molecular flexibility index (Phi) is 5.48. The number of aliphatic imine (C=N–C) groups is 1. The van der Waals surface area contributed by atoms with Gasteiger partial charge in [-0.25, -0.2) is 12.8 Å². The molecule has 0 spiro atoms. The Morgan fingerprint density at radius 2 is 1.93 bits per heavy atom. The maximum Gasteiger partial charge on any atom is 0.252 e. The van der Waals surface area contributed by atoms with E-state index < -0.39 is 9.84 Å². The molecule has 0 aliphatic carbocycles. The van der Waals surface area contributed by atoms with E-state index in [0.717, 1.165) is 16.7 Å². The van der Waals surface area contributed by atoms with Gasteiger partial charge < -0.3 is 4.90 Å². The Morgan fingerprint density at radius 3 is 2.66 bits per heavy atom. The van der Waals surface area contributed by atoms with E-state index >= 15 is 0 Å². The molecule has 0 bridgehead atoms. The number of amidine groups is 1. The van der Waals surface area contributed by atoms with Gasteiger partial charge in [0.05, 0.1) is 24.0 Å². The third kappa shape index (κ3) is 4.70. The Balaban J connectivity index is 1.57. The molecule has 0 N–H and O–H groups in total. The highest BCUT2D eigenvalue weighted by Gasteiger charge is 2.48. The topological polar surface area (TPSA) is 66.8 Å². The van der Waals surface area contributed by atoms with E-state index in [2.05, 4.69) is 4.99 Å². The van der Waals surface area contributed by atoms with Gasteiger partial charge in [-0.1, -0.05) is 53.7 Å². The highest BCUT2D eigenvalue weighted by Crippen LogP contribution is 2.39. The summed E-state index contributed by atoms with van der Waals surface area (Å²) in [5.74, 6) is -0.442. The molecule has 8 heteroatoms. The summed E-state index contributed by atoms with van der Waals surface area (Å²) in [5.41, 5.74) is 2.82. The first kappa shape index (κ1) is 20.1. The van der Waals surface area contributed by atoms with E-state index in [9.17, 15) is 17.6 Å². The SMILES string of the molecule is Cc1cccc(CC(=O)N=C2S[C@@H]3CS(=O)(=O)C[C@H]3N2Cc2ccc(F)cc2)c1. The van der Waals surface area contributed by atoms with Crippen molar-refractivity contribution in [2.24, 2.45) is 4.99 Å². The van der Waals surface area contributed by atoms with Crippen molar-refractivity contribution in [3.05, 3.63) is 71.0 Å². The average Bonchev–Trinajstić information content (AvgIpc) is 3.09. The third-order valence-corrected chi connectivity index (χ3v) is 8.35. The molecular weight excluding hydrogens is 411 g/mol. The van der Waals surface area contributed by atoms with E-state index in [4.69, 9.17) is 0 Å². The lowest BCUT2D eigenvalue weighted by Crippen LogP contribution is -2.37. The standard InChI is InChI=1S/C21H21FN2O3S2/c1-14-3-2-4-16(9-14)10-20(25)23-21-24(11-15-5-7-17(22)8-6-15)18-12-29(26,27)13-19(18)28-21/h2-9,18-19H,10-13H2,1H3/t18-,19-/m1/s1. The fraction of sp³-hybridized carbons (Fsp3) is 0.333. The van der Waals surface area contributed by atoms with Crippen molar-refractivity contribution in [1.29, 1.82) is 0 Å². The highest BCUT2D eigenvalue weighted by molar-refractivity contribution is 8.15. The number of carbonyl (C=O) groups is 1. The van der Waals surface area contributed by atoms with Crippen LogP contribution in [-0.4, -0.2) is 47.2 Å². The summed E-state index contributed by atoms with van der Waals surface area (Å²) in [4.78, 5) is 18.8. The summed E-state index contributed by atoms with van der Waals surface area (Å²) in [6.07, 6.45) is 0.198. The molecule has 29 heavy (non-hydrogen) atoms. The van der Waals surface area contributed by atoms with Gasteiger partial charge in [0.1, 0.15) is 5.82 Å². The van der Waals surface area contributed by atoms with Crippen LogP contribution in [0.5, 0.6) is 0 Å². The van der Waals surface area contributed by atoms with Gasteiger partial charge in [0.25, 0.3) is 5.91 Å². The van der Waals surface area contributed by atoms with Gasteiger partial charge in [0.2, 0.25) is 0 Å². The van der Waals surface area contributed by atoms with Gasteiger partial charge in [-0.05, 0) is 30.2 Å². The summed E-state index contributed by atoms with van der Waals surface area (Å²) >= 11 is 1.36. The monoisotopic (exact) mass is 432 g/mol. The average molecular weight is 433 g/mol. The fourth-order valence-corrected chi connectivity index (χ4v) is 7.72. The number of thioether (sulfide) groups is 1. The zero-order valence-corrected chi connectivity index (χ0v) is 17.5. The number of benzene rings is 2. The quantitative estimate of drug-likeness (QED) is 0.743. The van der Waals surface area contributed by atoms with Crippen LogP contribution in [0.15, 0.2) is 53.5 Å². The number of hydrogen-bond donors (Lipinski definition) is 0. The lowest BCUT2D eigenvalue weighted by atomic mass is 10.1. The first-order valence-corrected chi connectivity index (χ1v) is 12.0. The maximum absolute atomic E-state index is 13.2. The van der Waals surface area contributed by atoms with Crippen molar-refractivity contribution in [3.63, 3.8) is 0 Å². The zero-order valence-electron chi connectivity index (χ0n) is 15.9. The Bertz CT molecular complexity index is 1070. The summed E-state index contributed by atoms with van der Waals surface area (Å²) in [6.45, 7) is 2.36. The van der Waals surface area contributed by atoms with E-state index in [1.807, 2.05) is 36.1 Å². The van der Waals surface area contributed by atoms with Crippen molar-refractivity contribution < 1.29 is 17.6 Å². The molecule has 2 heterocycles. The molecular formula is C21H21FN2O3S2. The van der Waals surface area contributed by atoms with Crippen LogP contribution >= 0.6 is 11.8 Å². The molecule has 0 unspecified atom stereocenters. The Morgan fingerprint density at radius 1 is 1.17 bits per heavy atom. The molecule has 5 nitrogen and oxygen atoms in total. The predicted molar refractivity (Wildman–Crippen MR) is 113 cm³/mol. The van der Waals surface area contributed by atoms with E-state index in [-0.39, 0.29) is 40.9 Å². The lowest BCUT2D eigenvalue weighted by Gasteiger charge is -2.24. The van der Waals surface area contributed by atoms with Crippen LogP contribution in [-0.2, 0) is 27.6 Å². The van der Waals surface area contributed by atoms with Crippen LogP contribution < -0.4 is 0 Å². The molecule has 2 atom stereocenters. The fourth-order valence-electron chi connectivity index (χ4n) is 3.75. The molecule has 2 aromatic carbocycles. The largest absolute Gasteiger partial charge is 0.342 e. The molecule has 1 amide bonds. The van der Waals surface area contributed by atoms with Gasteiger partial charge in [-0.3, -0.25) is 4.79 Å². The normalized spacial score (nSPS) is 24.1. The molecule has 0 aromatic heterocycles.